The first kappa shape index (κ1) is 21.8. The van der Waals surface area contributed by atoms with E-state index in [0.29, 0.717) is 22.7 Å². The highest BCUT2D eigenvalue weighted by Gasteiger charge is 2.40. The Balaban J connectivity index is 1.30. The zero-order valence-corrected chi connectivity index (χ0v) is 19.1. The van der Waals surface area contributed by atoms with Crippen molar-refractivity contribution >= 4 is 51.8 Å². The number of H-pyrrole nitrogens is 1. The Labute approximate surface area is 200 Å². The van der Waals surface area contributed by atoms with E-state index in [4.69, 9.17) is 4.74 Å². The maximum Gasteiger partial charge on any atom is 0.255 e. The van der Waals surface area contributed by atoms with E-state index in [1.807, 2.05) is 36.5 Å². The van der Waals surface area contributed by atoms with Crippen LogP contribution in [-0.4, -0.2) is 35.1 Å². The molecule has 0 saturated carbocycles. The van der Waals surface area contributed by atoms with E-state index >= 15 is 0 Å². The van der Waals surface area contributed by atoms with Gasteiger partial charge in [0.15, 0.2) is 0 Å². The number of nitrogens with zero attached hydrogens (tertiary/aromatic N) is 1. The number of amides is 3. The van der Waals surface area contributed by atoms with Gasteiger partial charge in [0, 0.05) is 34.3 Å². The van der Waals surface area contributed by atoms with E-state index in [-0.39, 0.29) is 24.1 Å². The van der Waals surface area contributed by atoms with Gasteiger partial charge in [-0.15, -0.1) is 11.8 Å². The van der Waals surface area contributed by atoms with Crippen LogP contribution in [0.3, 0.4) is 0 Å². The number of carbonyl (C=O) groups is 3. The summed E-state index contributed by atoms with van der Waals surface area (Å²) in [4.78, 5) is 43.6. The van der Waals surface area contributed by atoms with Gasteiger partial charge in [0.25, 0.3) is 5.91 Å². The molecule has 0 aliphatic carbocycles. The Morgan fingerprint density at radius 2 is 1.91 bits per heavy atom. The van der Waals surface area contributed by atoms with Crippen LogP contribution in [0.25, 0.3) is 10.9 Å². The standard InChI is InChI=1S/C26H21N3O4S/c1-33-20-6-2-4-17(12-20)25(31)28-18-5-3-7-21(13-18)34-23-15-24(30)29(26(23)32)19-9-8-16-10-11-27-22(16)14-19/h2-14,23,27H,15H2,1H3,(H,28,31). The van der Waals surface area contributed by atoms with Crippen molar-refractivity contribution in [2.24, 2.45) is 0 Å². The van der Waals surface area contributed by atoms with Crippen molar-refractivity contribution in [2.75, 3.05) is 17.3 Å². The second kappa shape index (κ2) is 9.07. The summed E-state index contributed by atoms with van der Waals surface area (Å²) in [7, 11) is 1.55. The average Bonchev–Trinajstić information content (AvgIpc) is 3.42. The van der Waals surface area contributed by atoms with Gasteiger partial charge in [0.2, 0.25) is 11.8 Å². The summed E-state index contributed by atoms with van der Waals surface area (Å²) in [6.45, 7) is 0. The number of imide groups is 1. The van der Waals surface area contributed by atoms with Gasteiger partial charge in [-0.25, -0.2) is 4.90 Å². The molecule has 3 aromatic carbocycles. The van der Waals surface area contributed by atoms with E-state index in [2.05, 4.69) is 10.3 Å². The Morgan fingerprint density at radius 3 is 2.76 bits per heavy atom. The monoisotopic (exact) mass is 471 g/mol. The minimum atomic E-state index is -0.531. The SMILES string of the molecule is COc1cccc(C(=O)Nc2cccc(SC3CC(=O)N(c4ccc5cc[nH]c5c4)C3=O)c2)c1. The molecule has 0 radical (unpaired) electrons. The molecular weight excluding hydrogens is 450 g/mol. The molecule has 2 heterocycles. The van der Waals surface area contributed by atoms with Crippen LogP contribution in [0.4, 0.5) is 11.4 Å². The van der Waals surface area contributed by atoms with Gasteiger partial charge < -0.3 is 15.0 Å². The second-order valence-corrected chi connectivity index (χ2v) is 9.12. The quantitative estimate of drug-likeness (QED) is 0.392. The number of hydrogen-bond donors (Lipinski definition) is 2. The van der Waals surface area contributed by atoms with Crippen LogP contribution < -0.4 is 15.0 Å². The van der Waals surface area contributed by atoms with E-state index in [0.717, 1.165) is 15.8 Å². The molecule has 0 spiro atoms. The van der Waals surface area contributed by atoms with Crippen LogP contribution in [0.2, 0.25) is 0 Å². The fraction of sp³-hybridized carbons (Fsp3) is 0.115. The molecule has 0 bridgehead atoms. The molecule has 8 heteroatoms. The van der Waals surface area contributed by atoms with Crippen LogP contribution in [0, 0.1) is 0 Å². The predicted octanol–water partition coefficient (Wildman–Crippen LogP) is 4.85. The molecule has 1 atom stereocenters. The van der Waals surface area contributed by atoms with Crippen molar-refractivity contribution in [1.29, 1.82) is 0 Å². The van der Waals surface area contributed by atoms with Crippen LogP contribution in [-0.2, 0) is 9.59 Å². The number of methoxy groups -OCH3 is 1. The number of ether oxygens (including phenoxy) is 1. The van der Waals surface area contributed by atoms with E-state index in [1.165, 1.54) is 16.7 Å². The van der Waals surface area contributed by atoms with Crippen molar-refractivity contribution in [1.82, 2.24) is 4.98 Å². The summed E-state index contributed by atoms with van der Waals surface area (Å²) in [5.74, 6) is -0.136. The van der Waals surface area contributed by atoms with Gasteiger partial charge in [-0.05, 0) is 60.0 Å². The fourth-order valence-corrected chi connectivity index (χ4v) is 5.03. The van der Waals surface area contributed by atoms with Gasteiger partial charge in [-0.3, -0.25) is 14.4 Å². The Morgan fingerprint density at radius 1 is 1.06 bits per heavy atom. The molecule has 1 aromatic heterocycles. The highest BCUT2D eigenvalue weighted by atomic mass is 32.2. The number of benzene rings is 3. The summed E-state index contributed by atoms with van der Waals surface area (Å²) in [6.07, 6.45) is 1.94. The van der Waals surface area contributed by atoms with Gasteiger partial charge in [0.05, 0.1) is 18.0 Å². The summed E-state index contributed by atoms with van der Waals surface area (Å²) in [6, 6.07) is 21.6. The minimum absolute atomic E-state index is 0.118. The van der Waals surface area contributed by atoms with Crippen LogP contribution in [0.15, 0.2) is 83.9 Å². The number of thioether (sulfide) groups is 1. The number of aromatic nitrogens is 1. The lowest BCUT2D eigenvalue weighted by Crippen LogP contribution is -2.31. The van der Waals surface area contributed by atoms with Crippen molar-refractivity contribution in [2.45, 2.75) is 16.6 Å². The number of aromatic amines is 1. The maximum atomic E-state index is 13.1. The zero-order chi connectivity index (χ0) is 23.7. The molecule has 170 valence electrons. The predicted molar refractivity (Wildman–Crippen MR) is 132 cm³/mol. The van der Waals surface area contributed by atoms with Crippen LogP contribution in [0.1, 0.15) is 16.8 Å². The fourth-order valence-electron chi connectivity index (χ4n) is 3.92. The number of rotatable bonds is 6. The van der Waals surface area contributed by atoms with Crippen molar-refractivity contribution in [3.05, 3.63) is 84.6 Å². The molecule has 1 aliphatic heterocycles. The first-order chi connectivity index (χ1) is 16.5. The lowest BCUT2D eigenvalue weighted by atomic mass is 10.2. The summed E-state index contributed by atoms with van der Waals surface area (Å²) in [5.41, 5.74) is 2.51. The molecule has 1 saturated heterocycles. The van der Waals surface area contributed by atoms with E-state index < -0.39 is 5.25 Å². The van der Waals surface area contributed by atoms with E-state index in [9.17, 15) is 14.4 Å². The molecule has 1 unspecified atom stereocenters. The normalized spacial score (nSPS) is 15.7. The third-order valence-corrected chi connectivity index (χ3v) is 6.78. The molecule has 5 rings (SSSR count). The molecular formula is C26H21N3O4S. The Kier molecular flexibility index (Phi) is 5.81. The van der Waals surface area contributed by atoms with Crippen LogP contribution in [0.5, 0.6) is 5.75 Å². The number of fused-ring (bicyclic) bond motifs is 1. The molecule has 34 heavy (non-hydrogen) atoms. The maximum absolute atomic E-state index is 13.1. The molecule has 3 amide bonds. The summed E-state index contributed by atoms with van der Waals surface area (Å²) < 4.78 is 5.18. The summed E-state index contributed by atoms with van der Waals surface area (Å²) in [5, 5.41) is 3.35. The smallest absolute Gasteiger partial charge is 0.255 e. The summed E-state index contributed by atoms with van der Waals surface area (Å²) >= 11 is 1.32. The highest BCUT2D eigenvalue weighted by molar-refractivity contribution is 8.00. The first-order valence-electron chi connectivity index (χ1n) is 10.7. The molecule has 7 nitrogen and oxygen atoms in total. The van der Waals surface area contributed by atoms with Gasteiger partial charge in [0.1, 0.15) is 5.75 Å². The highest BCUT2D eigenvalue weighted by Crippen LogP contribution is 2.35. The molecule has 1 aliphatic rings. The number of hydrogen-bond acceptors (Lipinski definition) is 5. The Bertz CT molecular complexity index is 1410. The lowest BCUT2D eigenvalue weighted by molar-refractivity contribution is -0.121. The minimum Gasteiger partial charge on any atom is -0.497 e. The number of nitrogens with one attached hydrogen (secondary N) is 2. The number of carbonyl (C=O) groups excluding carboxylic acids is 3. The number of anilines is 2. The average molecular weight is 472 g/mol. The van der Waals surface area contributed by atoms with Crippen molar-refractivity contribution in [3.8, 4) is 5.75 Å². The lowest BCUT2D eigenvalue weighted by Gasteiger charge is -2.15. The van der Waals surface area contributed by atoms with Crippen molar-refractivity contribution in [3.63, 3.8) is 0 Å². The molecule has 1 fully saturated rings. The Hall–Kier alpha value is -4.04. The largest absolute Gasteiger partial charge is 0.497 e. The second-order valence-electron chi connectivity index (χ2n) is 7.84. The topological polar surface area (TPSA) is 91.5 Å². The van der Waals surface area contributed by atoms with Gasteiger partial charge >= 0.3 is 0 Å². The third kappa shape index (κ3) is 4.27. The molecule has 4 aromatic rings. The van der Waals surface area contributed by atoms with Gasteiger partial charge in [-0.1, -0.05) is 18.2 Å². The molecule has 2 N–H and O–H groups in total. The van der Waals surface area contributed by atoms with Crippen LogP contribution >= 0.6 is 11.8 Å². The van der Waals surface area contributed by atoms with Crippen molar-refractivity contribution < 1.29 is 19.1 Å². The first-order valence-corrected chi connectivity index (χ1v) is 11.6. The van der Waals surface area contributed by atoms with Gasteiger partial charge in [-0.2, -0.15) is 0 Å². The third-order valence-electron chi connectivity index (χ3n) is 5.60. The zero-order valence-electron chi connectivity index (χ0n) is 18.3. The van der Waals surface area contributed by atoms with E-state index in [1.54, 1.807) is 49.6 Å².